The van der Waals surface area contributed by atoms with E-state index >= 15 is 0 Å². The molecule has 1 saturated heterocycles. The van der Waals surface area contributed by atoms with E-state index in [2.05, 4.69) is 5.16 Å². The van der Waals surface area contributed by atoms with Gasteiger partial charge in [-0.3, -0.25) is 0 Å². The number of hydrogen-bond donors (Lipinski definition) is 2. The van der Waals surface area contributed by atoms with Crippen LogP contribution in [-0.4, -0.2) is 34.8 Å². The van der Waals surface area contributed by atoms with Crippen LogP contribution in [0.3, 0.4) is 0 Å². The highest BCUT2D eigenvalue weighted by Crippen LogP contribution is 2.32. The molecular formula is C8H13NO3. The molecule has 2 fully saturated rings. The fourth-order valence-corrected chi connectivity index (χ4v) is 2.08. The maximum absolute atomic E-state index is 9.33. The van der Waals surface area contributed by atoms with Crippen molar-refractivity contribution in [3.63, 3.8) is 0 Å². The van der Waals surface area contributed by atoms with Gasteiger partial charge in [0.15, 0.2) is 0 Å². The topological polar surface area (TPSA) is 62.1 Å². The summed E-state index contributed by atoms with van der Waals surface area (Å²) in [5.74, 6) is 0.249. The van der Waals surface area contributed by atoms with Crippen LogP contribution in [0.1, 0.15) is 19.3 Å². The van der Waals surface area contributed by atoms with E-state index < -0.39 is 0 Å². The molecule has 2 aliphatic rings. The zero-order valence-electron chi connectivity index (χ0n) is 6.81. The lowest BCUT2D eigenvalue weighted by atomic mass is 9.84. The van der Waals surface area contributed by atoms with Crippen LogP contribution >= 0.6 is 0 Å². The molecule has 1 aliphatic heterocycles. The van der Waals surface area contributed by atoms with Crippen molar-refractivity contribution in [1.29, 1.82) is 0 Å². The van der Waals surface area contributed by atoms with E-state index in [-0.39, 0.29) is 18.1 Å². The SMILES string of the molecule is O/N=C1/CO[C@H]2C[C@H](O)CC[C@H]12. The predicted octanol–water partition coefficient (Wildman–Crippen LogP) is 0.376. The minimum absolute atomic E-state index is 0.0830. The number of nitrogens with zero attached hydrogens (tertiary/aromatic N) is 1. The van der Waals surface area contributed by atoms with Gasteiger partial charge in [-0.15, -0.1) is 0 Å². The second kappa shape index (κ2) is 3.03. The number of aliphatic hydroxyl groups excluding tert-OH is 1. The van der Waals surface area contributed by atoms with Crippen molar-refractivity contribution in [3.8, 4) is 0 Å². The van der Waals surface area contributed by atoms with Gasteiger partial charge in [-0.2, -0.15) is 0 Å². The van der Waals surface area contributed by atoms with E-state index in [4.69, 9.17) is 9.94 Å². The standard InChI is InChI=1S/C8H13NO3/c10-5-1-2-6-7(9-11)4-12-8(6)3-5/h5-6,8,10-11H,1-4H2/b9-7-/t5-,6-,8+/m1/s1. The highest BCUT2D eigenvalue weighted by atomic mass is 16.5. The predicted molar refractivity (Wildman–Crippen MR) is 42.3 cm³/mol. The van der Waals surface area contributed by atoms with Crippen LogP contribution in [-0.2, 0) is 4.74 Å². The summed E-state index contributed by atoms with van der Waals surface area (Å²) in [5.41, 5.74) is 0.743. The molecule has 4 nitrogen and oxygen atoms in total. The highest BCUT2D eigenvalue weighted by Gasteiger charge is 2.38. The maximum Gasteiger partial charge on any atom is 0.0889 e. The average molecular weight is 171 g/mol. The monoisotopic (exact) mass is 171 g/mol. The Kier molecular flexibility index (Phi) is 2.02. The largest absolute Gasteiger partial charge is 0.411 e. The van der Waals surface area contributed by atoms with Crippen molar-refractivity contribution in [3.05, 3.63) is 0 Å². The molecule has 68 valence electrons. The zero-order chi connectivity index (χ0) is 8.55. The molecule has 0 spiro atoms. The van der Waals surface area contributed by atoms with Crippen LogP contribution < -0.4 is 0 Å². The Morgan fingerprint density at radius 2 is 2.25 bits per heavy atom. The minimum Gasteiger partial charge on any atom is -0.411 e. The van der Waals surface area contributed by atoms with E-state index in [9.17, 15) is 5.11 Å². The smallest absolute Gasteiger partial charge is 0.0889 e. The van der Waals surface area contributed by atoms with E-state index in [0.717, 1.165) is 18.6 Å². The van der Waals surface area contributed by atoms with Crippen molar-refractivity contribution in [2.45, 2.75) is 31.5 Å². The number of rotatable bonds is 0. The quantitative estimate of drug-likeness (QED) is 0.409. The summed E-state index contributed by atoms with van der Waals surface area (Å²) in [4.78, 5) is 0. The third kappa shape index (κ3) is 1.21. The molecule has 1 aliphatic carbocycles. The Morgan fingerprint density at radius 3 is 3.00 bits per heavy atom. The molecule has 1 heterocycles. The first-order chi connectivity index (χ1) is 5.81. The molecule has 2 N–H and O–H groups in total. The molecule has 0 amide bonds. The summed E-state index contributed by atoms with van der Waals surface area (Å²) in [6.45, 7) is 0.429. The van der Waals surface area contributed by atoms with Gasteiger partial charge in [0.25, 0.3) is 0 Å². The van der Waals surface area contributed by atoms with Gasteiger partial charge in [-0.1, -0.05) is 5.16 Å². The third-order valence-electron chi connectivity index (χ3n) is 2.77. The number of ether oxygens (including phenoxy) is 1. The van der Waals surface area contributed by atoms with Crippen molar-refractivity contribution in [2.75, 3.05) is 6.61 Å². The van der Waals surface area contributed by atoms with Crippen LogP contribution in [0, 0.1) is 5.92 Å². The molecule has 0 bridgehead atoms. The third-order valence-corrected chi connectivity index (χ3v) is 2.77. The molecule has 0 aromatic rings. The molecule has 0 aromatic carbocycles. The molecule has 0 unspecified atom stereocenters. The van der Waals surface area contributed by atoms with Gasteiger partial charge in [0.1, 0.15) is 0 Å². The van der Waals surface area contributed by atoms with Crippen LogP contribution in [0.2, 0.25) is 0 Å². The Balaban J connectivity index is 2.07. The Bertz CT molecular complexity index is 204. The summed E-state index contributed by atoms with van der Waals surface area (Å²) in [6.07, 6.45) is 2.21. The Labute approximate surface area is 70.8 Å². The van der Waals surface area contributed by atoms with Crippen LogP contribution in [0.4, 0.5) is 0 Å². The van der Waals surface area contributed by atoms with Crippen molar-refractivity contribution in [2.24, 2.45) is 11.1 Å². The first kappa shape index (κ1) is 8.01. The van der Waals surface area contributed by atoms with Crippen molar-refractivity contribution in [1.82, 2.24) is 0 Å². The lowest BCUT2D eigenvalue weighted by Gasteiger charge is -2.26. The lowest BCUT2D eigenvalue weighted by molar-refractivity contribution is 0.00736. The van der Waals surface area contributed by atoms with E-state index in [1.54, 1.807) is 0 Å². The van der Waals surface area contributed by atoms with E-state index in [1.807, 2.05) is 0 Å². The molecule has 2 rings (SSSR count). The fraction of sp³-hybridized carbons (Fsp3) is 0.875. The molecule has 0 radical (unpaired) electrons. The number of hydrogen-bond acceptors (Lipinski definition) is 4. The summed E-state index contributed by atoms with van der Waals surface area (Å²) >= 11 is 0. The average Bonchev–Trinajstić information content (AvgIpc) is 2.46. The normalized spacial score (nSPS) is 44.8. The number of oxime groups is 1. The second-order valence-corrected chi connectivity index (χ2v) is 3.51. The number of fused-ring (bicyclic) bond motifs is 1. The maximum atomic E-state index is 9.33. The van der Waals surface area contributed by atoms with E-state index in [0.29, 0.717) is 13.0 Å². The molecule has 12 heavy (non-hydrogen) atoms. The molecule has 0 aromatic heterocycles. The minimum atomic E-state index is -0.232. The van der Waals surface area contributed by atoms with Gasteiger partial charge in [0.05, 0.1) is 24.5 Å². The second-order valence-electron chi connectivity index (χ2n) is 3.51. The van der Waals surface area contributed by atoms with Gasteiger partial charge >= 0.3 is 0 Å². The van der Waals surface area contributed by atoms with Crippen LogP contribution in [0.15, 0.2) is 5.16 Å². The van der Waals surface area contributed by atoms with Crippen molar-refractivity contribution < 1.29 is 15.1 Å². The zero-order valence-corrected chi connectivity index (χ0v) is 6.81. The first-order valence-corrected chi connectivity index (χ1v) is 4.31. The molecule has 1 saturated carbocycles. The van der Waals surface area contributed by atoms with Gasteiger partial charge in [0.2, 0.25) is 0 Å². The van der Waals surface area contributed by atoms with E-state index in [1.165, 1.54) is 0 Å². The van der Waals surface area contributed by atoms with Gasteiger partial charge in [-0.05, 0) is 12.8 Å². The lowest BCUT2D eigenvalue weighted by Crippen LogP contribution is -2.31. The van der Waals surface area contributed by atoms with Crippen molar-refractivity contribution >= 4 is 5.71 Å². The van der Waals surface area contributed by atoms with Gasteiger partial charge < -0.3 is 15.1 Å². The van der Waals surface area contributed by atoms with Crippen LogP contribution in [0.25, 0.3) is 0 Å². The number of aliphatic hydroxyl groups is 1. The fourth-order valence-electron chi connectivity index (χ4n) is 2.08. The van der Waals surface area contributed by atoms with Crippen LogP contribution in [0.5, 0.6) is 0 Å². The first-order valence-electron chi connectivity index (χ1n) is 4.31. The summed E-state index contributed by atoms with van der Waals surface area (Å²) in [5, 5.41) is 21.2. The Hall–Kier alpha value is -0.610. The molecule has 3 atom stereocenters. The summed E-state index contributed by atoms with van der Waals surface area (Å²) in [6, 6.07) is 0. The van der Waals surface area contributed by atoms with Gasteiger partial charge in [-0.25, -0.2) is 0 Å². The van der Waals surface area contributed by atoms with Gasteiger partial charge in [0, 0.05) is 12.3 Å². The summed E-state index contributed by atoms with van der Waals surface area (Å²) in [7, 11) is 0. The highest BCUT2D eigenvalue weighted by molar-refractivity contribution is 5.89. The Morgan fingerprint density at radius 1 is 1.42 bits per heavy atom. The molecular weight excluding hydrogens is 158 g/mol. The molecule has 4 heteroatoms. The summed E-state index contributed by atoms with van der Waals surface area (Å²) < 4.78 is 5.38.